The molecule has 0 fully saturated rings. The van der Waals surface area contributed by atoms with Crippen LogP contribution in [0.1, 0.15) is 34.6 Å². The molecular formula is C12H13NaO7S. The molecule has 21 heavy (non-hydrogen) atoms. The Morgan fingerprint density at radius 2 is 1.62 bits per heavy atom. The van der Waals surface area contributed by atoms with Gasteiger partial charge < -0.3 is 14.0 Å². The molecule has 7 nitrogen and oxygen atoms in total. The Hall–Kier alpha value is -0.930. The molecule has 0 radical (unpaired) electrons. The van der Waals surface area contributed by atoms with Crippen molar-refractivity contribution < 1.29 is 61.6 Å². The first-order valence-corrected chi connectivity index (χ1v) is 7.16. The Labute approximate surface area is 144 Å². The van der Waals surface area contributed by atoms with Crippen LogP contribution in [-0.4, -0.2) is 38.1 Å². The van der Waals surface area contributed by atoms with E-state index in [1.54, 1.807) is 6.92 Å². The van der Waals surface area contributed by atoms with Crippen LogP contribution in [0.4, 0.5) is 0 Å². The zero-order valence-corrected chi connectivity index (χ0v) is 14.7. The van der Waals surface area contributed by atoms with Crippen LogP contribution in [0.25, 0.3) is 0 Å². The van der Waals surface area contributed by atoms with Crippen molar-refractivity contribution in [3.8, 4) is 0 Å². The van der Waals surface area contributed by atoms with Gasteiger partial charge in [-0.25, -0.2) is 18.0 Å². The molecule has 0 atom stereocenters. The molecule has 0 aliphatic carbocycles. The zero-order valence-electron chi connectivity index (χ0n) is 11.9. The van der Waals surface area contributed by atoms with Crippen molar-refractivity contribution in [3.63, 3.8) is 0 Å². The molecule has 0 spiro atoms. The Bertz CT molecular complexity index is 624. The summed E-state index contributed by atoms with van der Waals surface area (Å²) >= 11 is 0. The molecule has 0 aromatic heterocycles. The van der Waals surface area contributed by atoms with E-state index in [-0.39, 0.29) is 48.3 Å². The van der Waals surface area contributed by atoms with Crippen molar-refractivity contribution in [1.29, 1.82) is 0 Å². The summed E-state index contributed by atoms with van der Waals surface area (Å²) in [7, 11) is -4.93. The molecular weight excluding hydrogens is 311 g/mol. The predicted molar refractivity (Wildman–Crippen MR) is 66.3 cm³/mol. The summed E-state index contributed by atoms with van der Waals surface area (Å²) < 4.78 is 42.9. The summed E-state index contributed by atoms with van der Waals surface area (Å²) in [5.41, 5.74) is -0.538. The molecule has 0 aliphatic rings. The first kappa shape index (κ1) is 20.1. The van der Waals surface area contributed by atoms with Crippen LogP contribution in [0.2, 0.25) is 0 Å². The second-order valence-electron chi connectivity index (χ2n) is 3.61. The number of carbonyl (C=O) groups excluding carboxylic acids is 2. The molecule has 9 heteroatoms. The van der Waals surface area contributed by atoms with Crippen LogP contribution >= 0.6 is 0 Å². The van der Waals surface area contributed by atoms with Gasteiger partial charge in [-0.1, -0.05) is 0 Å². The van der Waals surface area contributed by atoms with Gasteiger partial charge >= 0.3 is 41.5 Å². The van der Waals surface area contributed by atoms with E-state index in [2.05, 4.69) is 4.74 Å². The number of rotatable bonds is 5. The summed E-state index contributed by atoms with van der Waals surface area (Å²) in [6.45, 7) is 3.24. The second kappa shape index (κ2) is 8.50. The summed E-state index contributed by atoms with van der Waals surface area (Å²) in [4.78, 5) is 22.3. The molecule has 0 amide bonds. The third kappa shape index (κ3) is 5.40. The van der Waals surface area contributed by atoms with Gasteiger partial charge in [-0.15, -0.1) is 0 Å². The minimum Gasteiger partial charge on any atom is -0.744 e. The maximum Gasteiger partial charge on any atom is 1.00 e. The fraction of sp³-hybridized carbons (Fsp3) is 0.333. The molecule has 0 bridgehead atoms. The van der Waals surface area contributed by atoms with E-state index >= 15 is 0 Å². The standard InChI is InChI=1S/C12H14O7S.Na/c1-3-18-11(13)8-5-6-9(12(14)19-4-2)10(7-8)20(15,16)17;/h5-7H,3-4H2,1-2H3,(H,15,16,17);/q;+1/p-1. The third-order valence-electron chi connectivity index (χ3n) is 2.26. The van der Waals surface area contributed by atoms with Crippen LogP contribution in [0.3, 0.4) is 0 Å². The van der Waals surface area contributed by atoms with Crippen LogP contribution in [-0.2, 0) is 19.6 Å². The number of hydrogen-bond donors (Lipinski definition) is 0. The van der Waals surface area contributed by atoms with Crippen molar-refractivity contribution in [2.45, 2.75) is 18.7 Å². The Morgan fingerprint density at radius 1 is 1.10 bits per heavy atom. The van der Waals surface area contributed by atoms with Gasteiger partial charge in [0.2, 0.25) is 0 Å². The monoisotopic (exact) mass is 324 g/mol. The van der Waals surface area contributed by atoms with E-state index in [4.69, 9.17) is 4.74 Å². The molecule has 1 aromatic rings. The molecule has 0 aliphatic heterocycles. The van der Waals surface area contributed by atoms with E-state index in [0.29, 0.717) is 0 Å². The minimum absolute atomic E-state index is 0. The van der Waals surface area contributed by atoms with Gasteiger partial charge in [-0.05, 0) is 32.0 Å². The quantitative estimate of drug-likeness (QED) is 0.348. The van der Waals surface area contributed by atoms with E-state index in [0.717, 1.165) is 12.1 Å². The Balaban J connectivity index is 0.00000400. The van der Waals surface area contributed by atoms with E-state index in [9.17, 15) is 22.6 Å². The minimum atomic E-state index is -4.93. The van der Waals surface area contributed by atoms with Crippen molar-refractivity contribution in [3.05, 3.63) is 29.3 Å². The van der Waals surface area contributed by atoms with Gasteiger partial charge in [0.05, 0.1) is 29.2 Å². The van der Waals surface area contributed by atoms with Crippen LogP contribution in [0.15, 0.2) is 23.1 Å². The van der Waals surface area contributed by atoms with Gasteiger partial charge in [0, 0.05) is 0 Å². The van der Waals surface area contributed by atoms with E-state index in [1.807, 2.05) is 0 Å². The number of hydrogen-bond acceptors (Lipinski definition) is 7. The van der Waals surface area contributed by atoms with Crippen molar-refractivity contribution in [2.75, 3.05) is 13.2 Å². The van der Waals surface area contributed by atoms with E-state index in [1.165, 1.54) is 13.0 Å². The predicted octanol–water partition coefficient (Wildman–Crippen LogP) is -2.05. The van der Waals surface area contributed by atoms with Gasteiger partial charge in [0.1, 0.15) is 10.1 Å². The van der Waals surface area contributed by atoms with Crippen molar-refractivity contribution in [1.82, 2.24) is 0 Å². The summed E-state index contributed by atoms with van der Waals surface area (Å²) in [6, 6.07) is 3.06. The van der Waals surface area contributed by atoms with Crippen LogP contribution < -0.4 is 29.6 Å². The van der Waals surface area contributed by atoms with Gasteiger partial charge in [0.15, 0.2) is 0 Å². The average molecular weight is 324 g/mol. The van der Waals surface area contributed by atoms with Crippen LogP contribution in [0.5, 0.6) is 0 Å². The van der Waals surface area contributed by atoms with Gasteiger partial charge in [-0.2, -0.15) is 0 Å². The molecule has 0 saturated heterocycles. The topological polar surface area (TPSA) is 110 Å². The number of esters is 2. The van der Waals surface area contributed by atoms with Gasteiger partial charge in [-0.3, -0.25) is 0 Å². The number of carbonyl (C=O) groups is 2. The summed E-state index contributed by atoms with van der Waals surface area (Å²) in [5, 5.41) is 0. The van der Waals surface area contributed by atoms with Crippen LogP contribution in [0, 0.1) is 0 Å². The van der Waals surface area contributed by atoms with Crippen molar-refractivity contribution in [2.24, 2.45) is 0 Å². The SMILES string of the molecule is CCOC(=O)c1ccc(C(=O)OCC)c(S(=O)(=O)[O-])c1.[Na+]. The normalized spacial score (nSPS) is 10.4. The second-order valence-corrected chi connectivity index (χ2v) is 4.95. The third-order valence-corrected chi connectivity index (χ3v) is 3.13. The first-order chi connectivity index (χ1) is 9.31. The average Bonchev–Trinajstić information content (AvgIpc) is 2.37. The molecule has 0 heterocycles. The number of ether oxygens (including phenoxy) is 2. The number of benzene rings is 1. The maximum absolute atomic E-state index is 11.6. The molecule has 0 N–H and O–H groups in total. The Kier molecular flexibility index (Phi) is 8.12. The Morgan fingerprint density at radius 3 is 2.10 bits per heavy atom. The van der Waals surface area contributed by atoms with Gasteiger partial charge in [0.25, 0.3) is 0 Å². The first-order valence-electron chi connectivity index (χ1n) is 5.75. The largest absolute Gasteiger partial charge is 1.00 e. The molecule has 110 valence electrons. The smallest absolute Gasteiger partial charge is 0.744 e. The molecule has 1 aromatic carbocycles. The molecule has 1 rings (SSSR count). The van der Waals surface area contributed by atoms with Crippen molar-refractivity contribution >= 4 is 22.1 Å². The molecule has 0 unspecified atom stereocenters. The summed E-state index contributed by atoms with van der Waals surface area (Å²) in [6.07, 6.45) is 0. The fourth-order valence-electron chi connectivity index (χ4n) is 1.45. The maximum atomic E-state index is 11.6. The zero-order chi connectivity index (χ0) is 15.3. The van der Waals surface area contributed by atoms with E-state index < -0.39 is 32.5 Å². The summed E-state index contributed by atoms with van der Waals surface area (Å²) in [5.74, 6) is -1.73. The fourth-order valence-corrected chi connectivity index (χ4v) is 2.14. The molecule has 0 saturated carbocycles.